The van der Waals surface area contributed by atoms with Crippen molar-refractivity contribution in [1.29, 1.82) is 0 Å². The van der Waals surface area contributed by atoms with E-state index in [1.54, 1.807) is 16.8 Å². The molecule has 0 saturated heterocycles. The molecular formula is C15H13N5O4S. The first-order chi connectivity index (χ1) is 12.0. The molecule has 0 bridgehead atoms. The quantitative estimate of drug-likeness (QED) is 0.525. The van der Waals surface area contributed by atoms with Crippen molar-refractivity contribution in [2.24, 2.45) is 5.73 Å². The van der Waals surface area contributed by atoms with Crippen molar-refractivity contribution in [3.05, 3.63) is 62.6 Å². The van der Waals surface area contributed by atoms with Crippen molar-refractivity contribution >= 4 is 39.0 Å². The summed E-state index contributed by atoms with van der Waals surface area (Å²) in [6.45, 7) is 0.830. The number of anilines is 1. The zero-order valence-corrected chi connectivity index (χ0v) is 13.7. The van der Waals surface area contributed by atoms with E-state index in [1.807, 2.05) is 0 Å². The van der Waals surface area contributed by atoms with E-state index in [0.29, 0.717) is 23.2 Å². The van der Waals surface area contributed by atoms with Crippen molar-refractivity contribution in [3.63, 3.8) is 0 Å². The number of rotatable bonds is 5. The molecule has 2 heterocycles. The maximum atomic E-state index is 12.4. The third kappa shape index (κ3) is 3.39. The van der Waals surface area contributed by atoms with Gasteiger partial charge < -0.3 is 15.6 Å². The molecular weight excluding hydrogens is 346 g/mol. The van der Waals surface area contributed by atoms with E-state index in [9.17, 15) is 19.7 Å². The molecule has 0 aliphatic heterocycles. The molecule has 2 aromatic heterocycles. The second-order valence-electron chi connectivity index (χ2n) is 5.17. The normalized spacial score (nSPS) is 10.8. The lowest BCUT2D eigenvalue weighted by Gasteiger charge is -2.07. The lowest BCUT2D eigenvalue weighted by Crippen LogP contribution is -2.23. The van der Waals surface area contributed by atoms with Crippen LogP contribution in [0.2, 0.25) is 0 Å². The molecule has 3 rings (SSSR count). The molecule has 25 heavy (non-hydrogen) atoms. The predicted octanol–water partition coefficient (Wildman–Crippen LogP) is 1.58. The number of nitro benzene ring substituents is 1. The van der Waals surface area contributed by atoms with Gasteiger partial charge in [-0.1, -0.05) is 0 Å². The first-order valence-corrected chi connectivity index (χ1v) is 8.02. The lowest BCUT2D eigenvalue weighted by atomic mass is 10.2. The molecule has 3 N–H and O–H groups in total. The Morgan fingerprint density at radius 2 is 2.20 bits per heavy atom. The highest BCUT2D eigenvalue weighted by atomic mass is 32.1. The Labute approximate surface area is 145 Å². The van der Waals surface area contributed by atoms with Crippen LogP contribution >= 0.6 is 11.5 Å². The Balaban J connectivity index is 1.94. The fraction of sp³-hybridized carbons (Fsp3) is 0.133. The first kappa shape index (κ1) is 16.7. The van der Waals surface area contributed by atoms with Crippen LogP contribution in [0.3, 0.4) is 0 Å². The van der Waals surface area contributed by atoms with Crippen molar-refractivity contribution in [3.8, 4) is 0 Å². The molecule has 128 valence electrons. The third-order valence-corrected chi connectivity index (χ3v) is 4.33. The molecule has 1 aromatic carbocycles. The van der Waals surface area contributed by atoms with Gasteiger partial charge in [-0.05, 0) is 17.6 Å². The Hall–Kier alpha value is -3.11. The summed E-state index contributed by atoms with van der Waals surface area (Å²) in [4.78, 5) is 34.8. The first-order valence-electron chi connectivity index (χ1n) is 7.25. The third-order valence-electron chi connectivity index (χ3n) is 3.51. The van der Waals surface area contributed by atoms with E-state index in [1.165, 1.54) is 24.4 Å². The van der Waals surface area contributed by atoms with Gasteiger partial charge in [0.2, 0.25) is 0 Å². The number of amides is 1. The van der Waals surface area contributed by atoms with Gasteiger partial charge in [0.25, 0.3) is 11.6 Å². The van der Waals surface area contributed by atoms with Crippen LogP contribution in [-0.2, 0) is 6.54 Å². The van der Waals surface area contributed by atoms with Gasteiger partial charge in [0.1, 0.15) is 5.56 Å². The van der Waals surface area contributed by atoms with Crippen LogP contribution in [-0.4, -0.2) is 26.3 Å². The van der Waals surface area contributed by atoms with Gasteiger partial charge in [0, 0.05) is 49.1 Å². The van der Waals surface area contributed by atoms with Crippen LogP contribution < -0.4 is 16.5 Å². The van der Waals surface area contributed by atoms with Gasteiger partial charge in [-0.15, -0.1) is 0 Å². The van der Waals surface area contributed by atoms with Gasteiger partial charge in [0.15, 0.2) is 11.2 Å². The standard InChI is InChI=1S/C15H13N5O4S/c16-4-6-19-5-3-12(21)11(8-19)15(22)17-14-10-7-9(20(23)24)1-2-13(10)25-18-14/h1-3,5,7-8H,4,6,16H2,(H,17,18,22). The lowest BCUT2D eigenvalue weighted by molar-refractivity contribution is -0.384. The number of aromatic nitrogens is 2. The van der Waals surface area contributed by atoms with Gasteiger partial charge in [-0.3, -0.25) is 19.7 Å². The maximum absolute atomic E-state index is 12.4. The van der Waals surface area contributed by atoms with Gasteiger partial charge in [-0.25, -0.2) is 0 Å². The number of non-ortho nitro benzene ring substituents is 1. The number of nitrogens with zero attached hydrogens (tertiary/aromatic N) is 3. The smallest absolute Gasteiger partial charge is 0.270 e. The number of nitrogens with one attached hydrogen (secondary N) is 1. The van der Waals surface area contributed by atoms with Crippen molar-refractivity contribution in [2.45, 2.75) is 6.54 Å². The van der Waals surface area contributed by atoms with Gasteiger partial charge in [0.05, 0.1) is 9.62 Å². The van der Waals surface area contributed by atoms with E-state index in [2.05, 4.69) is 9.69 Å². The van der Waals surface area contributed by atoms with Crippen LogP contribution in [0.4, 0.5) is 11.5 Å². The number of carbonyl (C=O) groups is 1. The summed E-state index contributed by atoms with van der Waals surface area (Å²) in [5.74, 6) is -0.447. The van der Waals surface area contributed by atoms with E-state index >= 15 is 0 Å². The van der Waals surface area contributed by atoms with Crippen LogP contribution in [0, 0.1) is 10.1 Å². The Kier molecular flexibility index (Phi) is 4.55. The predicted molar refractivity (Wildman–Crippen MR) is 94.0 cm³/mol. The Morgan fingerprint density at radius 3 is 2.92 bits per heavy atom. The van der Waals surface area contributed by atoms with E-state index in [4.69, 9.17) is 5.73 Å². The molecule has 10 heteroatoms. The number of hydrogen-bond acceptors (Lipinski definition) is 7. The summed E-state index contributed by atoms with van der Waals surface area (Å²) in [6.07, 6.45) is 2.97. The fourth-order valence-corrected chi connectivity index (χ4v) is 3.01. The molecule has 0 aliphatic carbocycles. The second kappa shape index (κ2) is 6.79. The molecule has 9 nitrogen and oxygen atoms in total. The van der Waals surface area contributed by atoms with Crippen LogP contribution in [0.1, 0.15) is 10.4 Å². The Morgan fingerprint density at radius 1 is 1.40 bits per heavy atom. The summed E-state index contributed by atoms with van der Waals surface area (Å²) >= 11 is 1.10. The molecule has 3 aromatic rings. The van der Waals surface area contributed by atoms with Gasteiger partial charge >= 0.3 is 0 Å². The molecule has 0 fully saturated rings. The largest absolute Gasteiger partial charge is 0.352 e. The van der Waals surface area contributed by atoms with Crippen LogP contribution in [0.25, 0.3) is 10.1 Å². The number of nitro groups is 1. The monoisotopic (exact) mass is 359 g/mol. The SMILES string of the molecule is NCCn1ccc(=O)c(C(=O)Nc2nsc3ccc([N+](=O)[O-])cc23)c1. The average molecular weight is 359 g/mol. The average Bonchev–Trinajstić information content (AvgIpc) is 2.99. The molecule has 0 atom stereocenters. The van der Waals surface area contributed by atoms with E-state index in [0.717, 1.165) is 11.5 Å². The summed E-state index contributed by atoms with van der Waals surface area (Å²) in [6, 6.07) is 5.56. The highest BCUT2D eigenvalue weighted by Crippen LogP contribution is 2.30. The van der Waals surface area contributed by atoms with E-state index in [-0.39, 0.29) is 17.1 Å². The molecule has 0 aliphatic rings. The number of fused-ring (bicyclic) bond motifs is 1. The summed E-state index contributed by atoms with van der Waals surface area (Å²) < 4.78 is 6.44. The van der Waals surface area contributed by atoms with Crippen molar-refractivity contribution < 1.29 is 9.72 Å². The number of nitrogens with two attached hydrogens (primary N) is 1. The molecule has 1 amide bonds. The second-order valence-corrected chi connectivity index (χ2v) is 5.98. The minimum Gasteiger partial charge on any atom is -0.352 e. The summed E-state index contributed by atoms with van der Waals surface area (Å²) in [5.41, 5.74) is 4.88. The van der Waals surface area contributed by atoms with Crippen LogP contribution in [0.5, 0.6) is 0 Å². The maximum Gasteiger partial charge on any atom is 0.270 e. The summed E-state index contributed by atoms with van der Waals surface area (Å²) in [7, 11) is 0. The number of hydrogen-bond donors (Lipinski definition) is 2. The molecule has 0 radical (unpaired) electrons. The fourth-order valence-electron chi connectivity index (χ4n) is 2.29. The number of benzene rings is 1. The zero-order valence-electron chi connectivity index (χ0n) is 12.8. The van der Waals surface area contributed by atoms with E-state index < -0.39 is 16.3 Å². The number of carbonyl (C=O) groups excluding carboxylic acids is 1. The highest BCUT2D eigenvalue weighted by Gasteiger charge is 2.16. The zero-order chi connectivity index (χ0) is 18.0. The highest BCUT2D eigenvalue weighted by molar-refractivity contribution is 7.13. The Bertz CT molecular complexity index is 1030. The number of pyridine rings is 1. The topological polar surface area (TPSA) is 133 Å². The van der Waals surface area contributed by atoms with Crippen molar-refractivity contribution in [2.75, 3.05) is 11.9 Å². The molecule has 0 unspecified atom stereocenters. The van der Waals surface area contributed by atoms with Crippen LogP contribution in [0.15, 0.2) is 41.5 Å². The minimum absolute atomic E-state index is 0.0532. The molecule has 0 spiro atoms. The van der Waals surface area contributed by atoms with Crippen molar-refractivity contribution in [1.82, 2.24) is 8.94 Å². The minimum atomic E-state index is -0.630. The van der Waals surface area contributed by atoms with Gasteiger partial charge in [-0.2, -0.15) is 4.37 Å². The summed E-state index contributed by atoms with van der Waals surface area (Å²) in [5, 5.41) is 13.9. The molecule has 0 saturated carbocycles.